The van der Waals surface area contributed by atoms with Gasteiger partial charge >= 0.3 is 5.97 Å². The molecular weight excluding hydrogens is 230 g/mol. The van der Waals surface area contributed by atoms with E-state index >= 15 is 0 Å². The fourth-order valence-corrected chi connectivity index (χ4v) is 2.30. The topological polar surface area (TPSA) is 72.5 Å². The summed E-state index contributed by atoms with van der Waals surface area (Å²) < 4.78 is 5.36. The van der Waals surface area contributed by atoms with Crippen LogP contribution in [0.15, 0.2) is 18.2 Å². The SMILES string of the molecule is CC(C)(C)OC(=O)C1Cc2c(O)cccc2C1N. The molecule has 0 radical (unpaired) electrons. The van der Waals surface area contributed by atoms with Crippen molar-refractivity contribution in [2.45, 2.75) is 38.8 Å². The number of rotatable bonds is 1. The Balaban J connectivity index is 2.21. The molecule has 4 nitrogen and oxygen atoms in total. The second-order valence-corrected chi connectivity index (χ2v) is 5.71. The van der Waals surface area contributed by atoms with Gasteiger partial charge in [0.25, 0.3) is 0 Å². The number of hydrogen-bond donors (Lipinski definition) is 2. The summed E-state index contributed by atoms with van der Waals surface area (Å²) in [5, 5.41) is 9.77. The molecule has 0 bridgehead atoms. The molecular formula is C14H19NO3. The Morgan fingerprint density at radius 1 is 1.44 bits per heavy atom. The quantitative estimate of drug-likeness (QED) is 0.746. The first-order valence-electron chi connectivity index (χ1n) is 6.09. The fourth-order valence-electron chi connectivity index (χ4n) is 2.30. The Bertz CT molecular complexity index is 476. The molecule has 1 aliphatic rings. The molecule has 0 saturated carbocycles. The summed E-state index contributed by atoms with van der Waals surface area (Å²) in [7, 11) is 0. The van der Waals surface area contributed by atoms with Crippen molar-refractivity contribution in [1.29, 1.82) is 0 Å². The molecule has 1 aliphatic carbocycles. The second-order valence-electron chi connectivity index (χ2n) is 5.71. The third kappa shape index (κ3) is 2.34. The first-order valence-corrected chi connectivity index (χ1v) is 6.09. The van der Waals surface area contributed by atoms with E-state index in [1.54, 1.807) is 12.1 Å². The van der Waals surface area contributed by atoms with E-state index in [0.29, 0.717) is 6.42 Å². The van der Waals surface area contributed by atoms with E-state index < -0.39 is 17.6 Å². The van der Waals surface area contributed by atoms with E-state index in [1.807, 2.05) is 26.8 Å². The average Bonchev–Trinajstić information content (AvgIpc) is 2.56. The first-order chi connectivity index (χ1) is 8.29. The largest absolute Gasteiger partial charge is 0.508 e. The summed E-state index contributed by atoms with van der Waals surface area (Å²) in [4.78, 5) is 12.1. The highest BCUT2D eigenvalue weighted by molar-refractivity contribution is 5.76. The van der Waals surface area contributed by atoms with Crippen LogP contribution in [0, 0.1) is 5.92 Å². The van der Waals surface area contributed by atoms with Crippen LogP contribution in [0.5, 0.6) is 5.75 Å². The molecule has 0 spiro atoms. The minimum atomic E-state index is -0.520. The zero-order chi connectivity index (χ0) is 13.5. The minimum Gasteiger partial charge on any atom is -0.508 e. The Morgan fingerprint density at radius 3 is 2.67 bits per heavy atom. The predicted molar refractivity (Wildman–Crippen MR) is 68.1 cm³/mol. The molecule has 18 heavy (non-hydrogen) atoms. The summed E-state index contributed by atoms with van der Waals surface area (Å²) in [6, 6.07) is 4.81. The van der Waals surface area contributed by atoms with Crippen LogP contribution in [0.4, 0.5) is 0 Å². The number of benzene rings is 1. The summed E-state index contributed by atoms with van der Waals surface area (Å²) in [6.07, 6.45) is 0.443. The number of phenolic OH excluding ortho intramolecular Hbond substituents is 1. The molecule has 0 amide bonds. The van der Waals surface area contributed by atoms with Gasteiger partial charge < -0.3 is 15.6 Å². The van der Waals surface area contributed by atoms with E-state index in [1.165, 1.54) is 0 Å². The summed E-state index contributed by atoms with van der Waals surface area (Å²) in [5.41, 5.74) is 7.15. The molecule has 2 unspecified atom stereocenters. The van der Waals surface area contributed by atoms with Crippen LogP contribution in [0.2, 0.25) is 0 Å². The van der Waals surface area contributed by atoms with Crippen LogP contribution in [-0.4, -0.2) is 16.7 Å². The molecule has 0 heterocycles. The highest BCUT2D eigenvalue weighted by Gasteiger charge is 2.38. The van der Waals surface area contributed by atoms with Crippen molar-refractivity contribution < 1.29 is 14.6 Å². The lowest BCUT2D eigenvalue weighted by Gasteiger charge is -2.23. The Labute approximate surface area is 107 Å². The zero-order valence-electron chi connectivity index (χ0n) is 10.9. The van der Waals surface area contributed by atoms with Crippen LogP contribution >= 0.6 is 0 Å². The molecule has 0 fully saturated rings. The number of aromatic hydroxyl groups is 1. The normalized spacial score (nSPS) is 22.7. The maximum atomic E-state index is 12.1. The van der Waals surface area contributed by atoms with Crippen molar-refractivity contribution in [3.63, 3.8) is 0 Å². The van der Waals surface area contributed by atoms with Gasteiger partial charge in [0.1, 0.15) is 11.4 Å². The van der Waals surface area contributed by atoms with Gasteiger partial charge in [-0.2, -0.15) is 0 Å². The second kappa shape index (κ2) is 4.28. The number of carbonyl (C=O) groups is 1. The van der Waals surface area contributed by atoms with E-state index in [-0.39, 0.29) is 11.7 Å². The van der Waals surface area contributed by atoms with E-state index in [2.05, 4.69) is 0 Å². The number of ether oxygens (including phenoxy) is 1. The molecule has 2 rings (SSSR count). The molecule has 2 atom stereocenters. The van der Waals surface area contributed by atoms with Crippen LogP contribution in [0.25, 0.3) is 0 Å². The van der Waals surface area contributed by atoms with Crippen LogP contribution in [0.3, 0.4) is 0 Å². The van der Waals surface area contributed by atoms with Crippen LogP contribution < -0.4 is 5.73 Å². The lowest BCUT2D eigenvalue weighted by molar-refractivity contribution is -0.160. The van der Waals surface area contributed by atoms with Crippen molar-refractivity contribution in [3.8, 4) is 5.75 Å². The van der Waals surface area contributed by atoms with Gasteiger partial charge in [0.15, 0.2) is 0 Å². The number of esters is 1. The van der Waals surface area contributed by atoms with Gasteiger partial charge in [-0.25, -0.2) is 0 Å². The van der Waals surface area contributed by atoms with Gasteiger partial charge in [-0.1, -0.05) is 12.1 Å². The first kappa shape index (κ1) is 12.9. The molecule has 0 aromatic heterocycles. The van der Waals surface area contributed by atoms with Gasteiger partial charge in [-0.3, -0.25) is 4.79 Å². The van der Waals surface area contributed by atoms with Crippen molar-refractivity contribution in [1.82, 2.24) is 0 Å². The molecule has 1 aromatic carbocycles. The lowest BCUT2D eigenvalue weighted by Crippen LogP contribution is -2.32. The van der Waals surface area contributed by atoms with Gasteiger partial charge in [0.05, 0.1) is 5.92 Å². The third-order valence-corrected chi connectivity index (χ3v) is 3.11. The van der Waals surface area contributed by atoms with Crippen molar-refractivity contribution >= 4 is 5.97 Å². The number of fused-ring (bicyclic) bond motifs is 1. The number of nitrogens with two attached hydrogens (primary N) is 1. The molecule has 98 valence electrons. The van der Waals surface area contributed by atoms with Crippen LogP contribution in [0.1, 0.15) is 37.9 Å². The van der Waals surface area contributed by atoms with E-state index in [4.69, 9.17) is 10.5 Å². The van der Waals surface area contributed by atoms with Crippen molar-refractivity contribution in [2.24, 2.45) is 11.7 Å². The third-order valence-electron chi connectivity index (χ3n) is 3.11. The van der Waals surface area contributed by atoms with E-state index in [0.717, 1.165) is 11.1 Å². The van der Waals surface area contributed by atoms with Gasteiger partial charge in [0.2, 0.25) is 0 Å². The smallest absolute Gasteiger partial charge is 0.311 e. The van der Waals surface area contributed by atoms with Gasteiger partial charge in [-0.05, 0) is 44.4 Å². The summed E-state index contributed by atoms with van der Waals surface area (Å²) in [5.74, 6) is -0.507. The monoisotopic (exact) mass is 249 g/mol. The van der Waals surface area contributed by atoms with E-state index in [9.17, 15) is 9.90 Å². The zero-order valence-corrected chi connectivity index (χ0v) is 10.9. The fraction of sp³-hybridized carbons (Fsp3) is 0.500. The Morgan fingerprint density at radius 2 is 2.11 bits per heavy atom. The average molecular weight is 249 g/mol. The molecule has 0 saturated heterocycles. The van der Waals surface area contributed by atoms with Gasteiger partial charge in [-0.15, -0.1) is 0 Å². The number of carbonyl (C=O) groups excluding carboxylic acids is 1. The summed E-state index contributed by atoms with van der Waals surface area (Å²) >= 11 is 0. The molecule has 0 aliphatic heterocycles. The molecule has 3 N–H and O–H groups in total. The van der Waals surface area contributed by atoms with Crippen molar-refractivity contribution in [3.05, 3.63) is 29.3 Å². The molecule has 4 heteroatoms. The minimum absolute atomic E-state index is 0.203. The Kier molecular flexibility index (Phi) is 3.07. The lowest BCUT2D eigenvalue weighted by atomic mass is 10.0. The highest BCUT2D eigenvalue weighted by Crippen LogP contribution is 2.39. The number of hydrogen-bond acceptors (Lipinski definition) is 4. The maximum absolute atomic E-state index is 12.1. The Hall–Kier alpha value is -1.55. The van der Waals surface area contributed by atoms with Gasteiger partial charge in [0, 0.05) is 6.04 Å². The number of phenols is 1. The van der Waals surface area contributed by atoms with Crippen molar-refractivity contribution in [2.75, 3.05) is 0 Å². The predicted octanol–water partition coefficient (Wildman–Crippen LogP) is 1.91. The molecule has 1 aromatic rings. The standard InChI is InChI=1S/C14H19NO3/c1-14(2,3)18-13(17)10-7-9-8(12(10)15)5-4-6-11(9)16/h4-6,10,12,16H,7,15H2,1-3H3. The van der Waals surface area contributed by atoms with Crippen LogP contribution in [-0.2, 0) is 16.0 Å². The summed E-state index contributed by atoms with van der Waals surface area (Å²) in [6.45, 7) is 5.49. The maximum Gasteiger partial charge on any atom is 0.311 e. The highest BCUT2D eigenvalue weighted by atomic mass is 16.6.